The molecule has 4 rings (SSSR count). The maximum atomic E-state index is 13.2. The number of hydrogen-bond acceptors (Lipinski definition) is 4. The van der Waals surface area contributed by atoms with E-state index >= 15 is 0 Å². The number of rotatable bonds is 4. The third-order valence-electron chi connectivity index (χ3n) is 5.78. The number of nitrogens with zero attached hydrogens (tertiary/aromatic N) is 1. The van der Waals surface area contributed by atoms with Gasteiger partial charge in [0.1, 0.15) is 5.60 Å². The van der Waals surface area contributed by atoms with Crippen molar-refractivity contribution < 1.29 is 19.1 Å². The van der Waals surface area contributed by atoms with E-state index in [1.807, 2.05) is 54.6 Å². The Bertz CT molecular complexity index is 1010. The van der Waals surface area contributed by atoms with Crippen molar-refractivity contribution in [3.8, 4) is 0 Å². The van der Waals surface area contributed by atoms with Crippen LogP contribution in [0.2, 0.25) is 0 Å². The van der Waals surface area contributed by atoms with Crippen molar-refractivity contribution >= 4 is 33.6 Å². The first kappa shape index (κ1) is 20.8. The zero-order chi connectivity index (χ0) is 21.7. The normalized spacial score (nSPS) is 25.7. The van der Waals surface area contributed by atoms with E-state index in [0.29, 0.717) is 6.54 Å². The lowest BCUT2D eigenvalue weighted by molar-refractivity contribution is -0.158. The van der Waals surface area contributed by atoms with Crippen molar-refractivity contribution in [1.29, 1.82) is 0 Å². The van der Waals surface area contributed by atoms with Gasteiger partial charge in [0.2, 0.25) is 5.78 Å². The molecule has 2 aromatic carbocycles. The summed E-state index contributed by atoms with van der Waals surface area (Å²) in [6.07, 6.45) is 0. The SMILES string of the molecule is CC(C)(C)OC(=O)[C@@H]1[C@@H](c2cccc(Br)c2)[C@]12CN(Cc1ccccc1)C(=O)C2=O. The minimum atomic E-state index is -1.06. The molecule has 2 aromatic rings. The molecule has 1 amide bonds. The van der Waals surface area contributed by atoms with Crippen LogP contribution in [0.4, 0.5) is 0 Å². The molecule has 30 heavy (non-hydrogen) atoms. The fourth-order valence-electron chi connectivity index (χ4n) is 4.55. The average Bonchev–Trinajstić information content (AvgIpc) is 3.29. The molecule has 1 saturated heterocycles. The van der Waals surface area contributed by atoms with E-state index in [1.54, 1.807) is 25.7 Å². The molecule has 1 saturated carbocycles. The number of amides is 1. The molecule has 6 heteroatoms. The van der Waals surface area contributed by atoms with Crippen LogP contribution < -0.4 is 0 Å². The van der Waals surface area contributed by atoms with Gasteiger partial charge in [0, 0.05) is 23.5 Å². The molecule has 0 N–H and O–H groups in total. The Morgan fingerprint density at radius 3 is 2.47 bits per heavy atom. The van der Waals surface area contributed by atoms with Crippen LogP contribution in [0.25, 0.3) is 0 Å². The van der Waals surface area contributed by atoms with Crippen LogP contribution >= 0.6 is 15.9 Å². The summed E-state index contributed by atoms with van der Waals surface area (Å²) in [5, 5.41) is 0. The maximum Gasteiger partial charge on any atom is 0.311 e. The molecule has 5 nitrogen and oxygen atoms in total. The number of likely N-dealkylation sites (tertiary alicyclic amines) is 1. The summed E-state index contributed by atoms with van der Waals surface area (Å²) in [4.78, 5) is 40.7. The molecule has 3 atom stereocenters. The second-order valence-corrected chi connectivity index (χ2v) is 9.98. The van der Waals surface area contributed by atoms with E-state index in [0.717, 1.165) is 15.6 Å². The van der Waals surface area contributed by atoms with E-state index in [4.69, 9.17) is 4.74 Å². The average molecular weight is 470 g/mol. The van der Waals surface area contributed by atoms with Gasteiger partial charge in [-0.05, 0) is 44.0 Å². The van der Waals surface area contributed by atoms with Crippen molar-refractivity contribution in [2.45, 2.75) is 38.8 Å². The molecular formula is C24H24BrNO4. The van der Waals surface area contributed by atoms with E-state index in [9.17, 15) is 14.4 Å². The largest absolute Gasteiger partial charge is 0.460 e. The Morgan fingerprint density at radius 1 is 1.13 bits per heavy atom. The lowest BCUT2D eigenvalue weighted by atomic mass is 9.96. The molecule has 0 aromatic heterocycles. The quantitative estimate of drug-likeness (QED) is 0.499. The molecule has 1 heterocycles. The molecule has 1 aliphatic heterocycles. The van der Waals surface area contributed by atoms with Gasteiger partial charge in [-0.3, -0.25) is 14.4 Å². The number of carbonyl (C=O) groups excluding carboxylic acids is 3. The number of halogens is 1. The Kier molecular flexibility index (Phi) is 5.09. The fourth-order valence-corrected chi connectivity index (χ4v) is 4.97. The van der Waals surface area contributed by atoms with Crippen LogP contribution in [-0.2, 0) is 25.7 Å². The summed E-state index contributed by atoms with van der Waals surface area (Å²) in [7, 11) is 0. The van der Waals surface area contributed by atoms with Gasteiger partial charge < -0.3 is 9.64 Å². The Morgan fingerprint density at radius 2 is 1.83 bits per heavy atom. The minimum absolute atomic E-state index is 0.223. The second-order valence-electron chi connectivity index (χ2n) is 9.06. The highest BCUT2D eigenvalue weighted by Crippen LogP contribution is 2.68. The van der Waals surface area contributed by atoms with Gasteiger partial charge in [-0.2, -0.15) is 0 Å². The van der Waals surface area contributed by atoms with E-state index < -0.39 is 34.6 Å². The van der Waals surface area contributed by atoms with Gasteiger partial charge in [-0.15, -0.1) is 0 Å². The highest BCUT2D eigenvalue weighted by Gasteiger charge is 2.78. The van der Waals surface area contributed by atoms with Gasteiger partial charge in [0.15, 0.2) is 0 Å². The molecule has 0 unspecified atom stereocenters. The number of hydrogen-bond donors (Lipinski definition) is 0. The number of ketones is 1. The fraction of sp³-hybridized carbons (Fsp3) is 0.375. The second kappa shape index (κ2) is 7.34. The van der Waals surface area contributed by atoms with E-state index in [2.05, 4.69) is 15.9 Å². The highest BCUT2D eigenvalue weighted by molar-refractivity contribution is 9.10. The summed E-state index contributed by atoms with van der Waals surface area (Å²) < 4.78 is 6.50. The van der Waals surface area contributed by atoms with Crippen LogP contribution in [0, 0.1) is 11.3 Å². The summed E-state index contributed by atoms with van der Waals surface area (Å²) in [5.41, 5.74) is 0.0830. The third-order valence-corrected chi connectivity index (χ3v) is 6.27. The van der Waals surface area contributed by atoms with Gasteiger partial charge in [-0.1, -0.05) is 58.4 Å². The predicted molar refractivity (Wildman–Crippen MR) is 116 cm³/mol. The van der Waals surface area contributed by atoms with Crippen LogP contribution in [-0.4, -0.2) is 34.7 Å². The highest BCUT2D eigenvalue weighted by atomic mass is 79.9. The molecule has 0 bridgehead atoms. The van der Waals surface area contributed by atoms with Gasteiger partial charge in [0.25, 0.3) is 5.91 Å². The maximum absolute atomic E-state index is 13.2. The standard InChI is InChI=1S/C24H24BrNO4/c1-23(2,3)30-22(29)19-18(16-10-7-11-17(25)12-16)24(19)14-26(21(28)20(24)27)13-15-8-5-4-6-9-15/h4-12,18-19H,13-14H2,1-3H3/t18-,19+,24-/m1/s1. The third kappa shape index (κ3) is 3.58. The lowest BCUT2D eigenvalue weighted by Gasteiger charge is -2.20. The van der Waals surface area contributed by atoms with Crippen molar-refractivity contribution in [1.82, 2.24) is 4.90 Å². The van der Waals surface area contributed by atoms with Crippen LogP contribution in [0.15, 0.2) is 59.1 Å². The number of esters is 1. The minimum Gasteiger partial charge on any atom is -0.460 e. The van der Waals surface area contributed by atoms with Crippen LogP contribution in [0.5, 0.6) is 0 Å². The van der Waals surface area contributed by atoms with Crippen LogP contribution in [0.3, 0.4) is 0 Å². The lowest BCUT2D eigenvalue weighted by Crippen LogP contribution is -2.28. The molecule has 156 valence electrons. The zero-order valence-electron chi connectivity index (χ0n) is 17.2. The van der Waals surface area contributed by atoms with Gasteiger partial charge in [-0.25, -0.2) is 0 Å². The van der Waals surface area contributed by atoms with Gasteiger partial charge in [0.05, 0.1) is 11.3 Å². The first-order valence-corrected chi connectivity index (χ1v) is 10.8. The first-order chi connectivity index (χ1) is 14.1. The van der Waals surface area contributed by atoms with Crippen molar-refractivity contribution in [3.63, 3.8) is 0 Å². The van der Waals surface area contributed by atoms with Gasteiger partial charge >= 0.3 is 5.97 Å². The Labute approximate surface area is 184 Å². The monoisotopic (exact) mass is 469 g/mol. The number of ether oxygens (including phenoxy) is 1. The molecule has 0 radical (unpaired) electrons. The topological polar surface area (TPSA) is 63.7 Å². The Balaban J connectivity index is 1.68. The Hall–Kier alpha value is -2.47. The summed E-state index contributed by atoms with van der Waals surface area (Å²) in [6.45, 7) is 5.98. The summed E-state index contributed by atoms with van der Waals surface area (Å²) in [6, 6.07) is 17.1. The van der Waals surface area contributed by atoms with Crippen molar-refractivity contribution in [3.05, 3.63) is 70.2 Å². The number of benzene rings is 2. The van der Waals surface area contributed by atoms with Crippen molar-refractivity contribution in [2.75, 3.05) is 6.54 Å². The van der Waals surface area contributed by atoms with Crippen molar-refractivity contribution in [2.24, 2.45) is 11.3 Å². The smallest absolute Gasteiger partial charge is 0.311 e. The molecular weight excluding hydrogens is 446 g/mol. The zero-order valence-corrected chi connectivity index (χ0v) is 18.8. The summed E-state index contributed by atoms with van der Waals surface area (Å²) in [5.74, 6) is -2.47. The molecule has 1 spiro atoms. The number of carbonyl (C=O) groups is 3. The van der Waals surface area contributed by atoms with Crippen LogP contribution in [0.1, 0.15) is 37.8 Å². The predicted octanol–water partition coefficient (Wildman–Crippen LogP) is 4.10. The number of Topliss-reactive ketones (excluding diaryl/α,β-unsaturated/α-hetero) is 1. The van der Waals surface area contributed by atoms with E-state index in [-0.39, 0.29) is 12.5 Å². The first-order valence-electron chi connectivity index (χ1n) is 9.99. The molecule has 2 fully saturated rings. The summed E-state index contributed by atoms with van der Waals surface area (Å²) >= 11 is 3.47. The molecule has 1 aliphatic carbocycles. The van der Waals surface area contributed by atoms with E-state index in [1.165, 1.54) is 0 Å². The molecule has 2 aliphatic rings.